The van der Waals surface area contributed by atoms with E-state index in [2.05, 4.69) is 42.9 Å². The monoisotopic (exact) mass is 283 g/mol. The van der Waals surface area contributed by atoms with Crippen LogP contribution in [-0.2, 0) is 6.54 Å². The Bertz CT molecular complexity index is 338. The van der Waals surface area contributed by atoms with Crippen molar-refractivity contribution in [2.75, 3.05) is 18.4 Å². The summed E-state index contributed by atoms with van der Waals surface area (Å²) in [7, 11) is 0. The van der Waals surface area contributed by atoms with E-state index in [4.69, 9.17) is 0 Å². The first-order valence-electron chi connectivity index (χ1n) is 7.63. The molecule has 1 unspecified atom stereocenters. The second-order valence-corrected chi connectivity index (χ2v) is 6.26. The number of thiazole rings is 1. The Morgan fingerprint density at radius 1 is 1.32 bits per heavy atom. The third-order valence-electron chi connectivity index (χ3n) is 3.45. The van der Waals surface area contributed by atoms with Crippen LogP contribution in [0.5, 0.6) is 0 Å². The zero-order valence-corrected chi connectivity index (χ0v) is 13.7. The minimum atomic E-state index is 0.653. The van der Waals surface area contributed by atoms with Crippen LogP contribution < -0.4 is 5.32 Å². The molecular formula is C15H29N3S. The summed E-state index contributed by atoms with van der Waals surface area (Å²) in [5.41, 5.74) is 0. The molecule has 110 valence electrons. The van der Waals surface area contributed by atoms with Gasteiger partial charge in [0.1, 0.15) is 0 Å². The van der Waals surface area contributed by atoms with E-state index in [1.165, 1.54) is 30.7 Å². The molecule has 0 aliphatic heterocycles. The molecule has 0 spiro atoms. The summed E-state index contributed by atoms with van der Waals surface area (Å²) in [5.74, 6) is 0. The Balaban J connectivity index is 2.54. The summed E-state index contributed by atoms with van der Waals surface area (Å²) in [6, 6.07) is 0.653. The molecule has 1 heterocycles. The van der Waals surface area contributed by atoms with Gasteiger partial charge in [-0.1, -0.05) is 27.2 Å². The minimum Gasteiger partial charge on any atom is -0.362 e. The number of hydrogen-bond acceptors (Lipinski definition) is 4. The average Bonchev–Trinajstić information content (AvgIpc) is 2.87. The zero-order chi connectivity index (χ0) is 14.1. The maximum absolute atomic E-state index is 4.45. The van der Waals surface area contributed by atoms with Gasteiger partial charge in [-0.05, 0) is 32.7 Å². The van der Waals surface area contributed by atoms with E-state index in [1.54, 1.807) is 11.3 Å². The van der Waals surface area contributed by atoms with Crippen LogP contribution >= 0.6 is 11.3 Å². The van der Waals surface area contributed by atoms with Gasteiger partial charge in [0.25, 0.3) is 0 Å². The van der Waals surface area contributed by atoms with Crippen LogP contribution in [0, 0.1) is 0 Å². The minimum absolute atomic E-state index is 0.653. The van der Waals surface area contributed by atoms with Crippen LogP contribution in [0.3, 0.4) is 0 Å². The normalized spacial score (nSPS) is 12.9. The van der Waals surface area contributed by atoms with E-state index in [0.717, 1.165) is 24.6 Å². The second-order valence-electron chi connectivity index (χ2n) is 5.14. The van der Waals surface area contributed by atoms with Crippen molar-refractivity contribution in [1.82, 2.24) is 9.88 Å². The lowest BCUT2D eigenvalue weighted by atomic mass is 10.2. The van der Waals surface area contributed by atoms with E-state index in [0.29, 0.717) is 6.04 Å². The highest BCUT2D eigenvalue weighted by Gasteiger charge is 2.13. The van der Waals surface area contributed by atoms with E-state index < -0.39 is 0 Å². The number of aromatic nitrogens is 1. The summed E-state index contributed by atoms with van der Waals surface area (Å²) in [4.78, 5) is 8.41. The summed E-state index contributed by atoms with van der Waals surface area (Å²) < 4.78 is 0. The first-order chi connectivity index (χ1) is 9.21. The topological polar surface area (TPSA) is 28.2 Å². The molecule has 19 heavy (non-hydrogen) atoms. The molecule has 1 aromatic heterocycles. The largest absolute Gasteiger partial charge is 0.362 e. The predicted molar refractivity (Wildman–Crippen MR) is 86.0 cm³/mol. The third kappa shape index (κ3) is 5.91. The van der Waals surface area contributed by atoms with Crippen LogP contribution in [0.15, 0.2) is 6.20 Å². The number of hydrogen-bond donors (Lipinski definition) is 1. The lowest BCUT2D eigenvalue weighted by Gasteiger charge is -2.27. The highest BCUT2D eigenvalue weighted by atomic mass is 32.1. The van der Waals surface area contributed by atoms with Crippen LogP contribution in [0.4, 0.5) is 5.13 Å². The molecule has 0 saturated carbocycles. The fraction of sp³-hybridized carbons (Fsp3) is 0.800. The van der Waals surface area contributed by atoms with Crippen LogP contribution in [0.2, 0.25) is 0 Å². The lowest BCUT2D eigenvalue weighted by Crippen LogP contribution is -2.32. The van der Waals surface area contributed by atoms with E-state index in [1.807, 2.05) is 6.20 Å². The smallest absolute Gasteiger partial charge is 0.182 e. The molecule has 1 rings (SSSR count). The number of unbranched alkanes of at least 4 members (excludes halogenated alkanes) is 1. The summed E-state index contributed by atoms with van der Waals surface area (Å²) >= 11 is 1.80. The van der Waals surface area contributed by atoms with Gasteiger partial charge in [0.15, 0.2) is 5.13 Å². The Hall–Kier alpha value is -0.610. The predicted octanol–water partition coefficient (Wildman–Crippen LogP) is 4.37. The third-order valence-corrected chi connectivity index (χ3v) is 4.39. The van der Waals surface area contributed by atoms with Gasteiger partial charge in [0.05, 0.1) is 0 Å². The molecule has 0 radical (unpaired) electrons. The van der Waals surface area contributed by atoms with Gasteiger partial charge >= 0.3 is 0 Å². The number of nitrogens with one attached hydrogen (secondary N) is 1. The maximum atomic E-state index is 4.45. The first-order valence-corrected chi connectivity index (χ1v) is 8.45. The van der Waals surface area contributed by atoms with Crippen molar-refractivity contribution >= 4 is 16.5 Å². The molecule has 0 aromatic carbocycles. The molecule has 0 aliphatic carbocycles. The van der Waals surface area contributed by atoms with Gasteiger partial charge in [-0.3, -0.25) is 4.90 Å². The van der Waals surface area contributed by atoms with E-state index in [-0.39, 0.29) is 0 Å². The molecule has 1 atom stereocenters. The number of anilines is 1. The van der Waals surface area contributed by atoms with Gasteiger partial charge in [-0.2, -0.15) is 0 Å². The lowest BCUT2D eigenvalue weighted by molar-refractivity contribution is 0.194. The van der Waals surface area contributed by atoms with Gasteiger partial charge < -0.3 is 5.32 Å². The number of rotatable bonds is 10. The molecule has 1 N–H and O–H groups in total. The SMILES string of the molecule is CCCCN(Cc1cnc(NCCC)s1)C(C)CC. The van der Waals surface area contributed by atoms with Crippen molar-refractivity contribution in [3.63, 3.8) is 0 Å². The zero-order valence-electron chi connectivity index (χ0n) is 12.9. The van der Waals surface area contributed by atoms with E-state index in [9.17, 15) is 0 Å². The summed E-state index contributed by atoms with van der Waals surface area (Å²) in [5, 5.41) is 4.43. The summed E-state index contributed by atoms with van der Waals surface area (Å²) in [6.45, 7) is 12.3. The molecule has 1 aromatic rings. The van der Waals surface area contributed by atoms with Crippen LogP contribution in [0.1, 0.15) is 58.3 Å². The maximum Gasteiger partial charge on any atom is 0.182 e. The van der Waals surface area contributed by atoms with Crippen molar-refractivity contribution < 1.29 is 0 Å². The molecule has 0 amide bonds. The fourth-order valence-corrected chi connectivity index (χ4v) is 2.83. The van der Waals surface area contributed by atoms with E-state index >= 15 is 0 Å². The number of nitrogens with zero attached hydrogens (tertiary/aromatic N) is 2. The Morgan fingerprint density at radius 2 is 2.11 bits per heavy atom. The highest BCUT2D eigenvalue weighted by Crippen LogP contribution is 2.21. The van der Waals surface area contributed by atoms with Gasteiger partial charge in [0, 0.05) is 30.2 Å². The first kappa shape index (κ1) is 16.4. The Morgan fingerprint density at radius 3 is 2.74 bits per heavy atom. The Kier molecular flexibility index (Phi) is 8.07. The molecule has 4 heteroatoms. The molecule has 3 nitrogen and oxygen atoms in total. The Labute approximate surface area is 122 Å². The van der Waals surface area contributed by atoms with Crippen LogP contribution in [0.25, 0.3) is 0 Å². The molecular weight excluding hydrogens is 254 g/mol. The molecule has 0 saturated heterocycles. The standard InChI is InChI=1S/C15H29N3S/c1-5-8-10-18(13(4)7-3)12-14-11-17-15(19-14)16-9-6-2/h11,13H,5-10,12H2,1-4H3,(H,16,17). The van der Waals surface area contributed by atoms with Crippen molar-refractivity contribution in [3.8, 4) is 0 Å². The fourth-order valence-electron chi connectivity index (χ4n) is 1.97. The molecule has 0 fully saturated rings. The van der Waals surface area contributed by atoms with Gasteiger partial charge in [-0.25, -0.2) is 4.98 Å². The van der Waals surface area contributed by atoms with Crippen molar-refractivity contribution in [2.45, 2.75) is 66.0 Å². The molecule has 0 aliphatic rings. The highest BCUT2D eigenvalue weighted by molar-refractivity contribution is 7.15. The van der Waals surface area contributed by atoms with Crippen molar-refractivity contribution in [3.05, 3.63) is 11.1 Å². The van der Waals surface area contributed by atoms with Crippen molar-refractivity contribution in [2.24, 2.45) is 0 Å². The quantitative estimate of drug-likeness (QED) is 0.691. The molecule has 0 bridgehead atoms. The average molecular weight is 283 g/mol. The second kappa shape index (κ2) is 9.32. The summed E-state index contributed by atoms with van der Waals surface area (Å²) in [6.07, 6.45) is 6.93. The van der Waals surface area contributed by atoms with Crippen molar-refractivity contribution in [1.29, 1.82) is 0 Å². The van der Waals surface area contributed by atoms with Crippen LogP contribution in [-0.4, -0.2) is 29.0 Å². The van der Waals surface area contributed by atoms with Gasteiger partial charge in [0.2, 0.25) is 0 Å². The van der Waals surface area contributed by atoms with Gasteiger partial charge in [-0.15, -0.1) is 11.3 Å².